The molecule has 0 atom stereocenters. The summed E-state index contributed by atoms with van der Waals surface area (Å²) in [6.45, 7) is 2.76. The van der Waals surface area contributed by atoms with E-state index in [0.29, 0.717) is 11.5 Å². The Bertz CT molecular complexity index is 327. The lowest BCUT2D eigenvalue weighted by Crippen LogP contribution is -2.40. The van der Waals surface area contributed by atoms with Gasteiger partial charge in [0.2, 0.25) is 0 Å². The summed E-state index contributed by atoms with van der Waals surface area (Å²) in [6.07, 6.45) is 5.23. The van der Waals surface area contributed by atoms with Crippen molar-refractivity contribution in [3.63, 3.8) is 0 Å². The fraction of sp³-hybridized carbons (Fsp3) is 0.583. The third-order valence-electron chi connectivity index (χ3n) is 3.16. The molecular formula is C12H18N2O2. The number of hydrogen-bond donors (Lipinski definition) is 1. The third-order valence-corrected chi connectivity index (χ3v) is 3.16. The van der Waals surface area contributed by atoms with Crippen LogP contribution in [0.4, 0.5) is 0 Å². The maximum absolute atomic E-state index is 12.0. The van der Waals surface area contributed by atoms with Gasteiger partial charge in [-0.25, -0.2) is 0 Å². The average Bonchev–Trinajstić information content (AvgIpc) is 2.83. The standard InChI is InChI=1S/C12H18N2O2/c1-13-8-10-2-5-14(6-3-10)12(15)11-4-7-16-9-11/h4,7,9-10,13H,2-3,5-6,8H2,1H3. The molecule has 0 bridgehead atoms. The van der Waals surface area contributed by atoms with Crippen molar-refractivity contribution in [3.05, 3.63) is 24.2 Å². The Balaban J connectivity index is 1.87. The molecule has 1 aromatic heterocycles. The molecule has 1 aliphatic heterocycles. The van der Waals surface area contributed by atoms with Crippen molar-refractivity contribution in [2.45, 2.75) is 12.8 Å². The van der Waals surface area contributed by atoms with E-state index >= 15 is 0 Å². The number of nitrogens with zero attached hydrogens (tertiary/aromatic N) is 1. The Hall–Kier alpha value is -1.29. The predicted octanol–water partition coefficient (Wildman–Crippen LogP) is 1.35. The fourth-order valence-electron chi connectivity index (χ4n) is 2.20. The minimum Gasteiger partial charge on any atom is -0.472 e. The van der Waals surface area contributed by atoms with Crippen LogP contribution in [0, 0.1) is 5.92 Å². The molecule has 0 radical (unpaired) electrons. The Morgan fingerprint density at radius 1 is 1.56 bits per heavy atom. The molecule has 1 saturated heterocycles. The number of rotatable bonds is 3. The molecule has 1 N–H and O–H groups in total. The Labute approximate surface area is 95.6 Å². The number of carbonyl (C=O) groups is 1. The van der Waals surface area contributed by atoms with Crippen LogP contribution in [0.25, 0.3) is 0 Å². The second kappa shape index (κ2) is 5.16. The Kier molecular flexibility index (Phi) is 3.62. The summed E-state index contributed by atoms with van der Waals surface area (Å²) in [5, 5.41) is 3.19. The number of carbonyl (C=O) groups excluding carboxylic acids is 1. The zero-order valence-corrected chi connectivity index (χ0v) is 9.61. The van der Waals surface area contributed by atoms with E-state index in [9.17, 15) is 4.79 Å². The minimum absolute atomic E-state index is 0.0941. The molecule has 0 spiro atoms. The van der Waals surface area contributed by atoms with Crippen LogP contribution >= 0.6 is 0 Å². The third kappa shape index (κ3) is 2.44. The van der Waals surface area contributed by atoms with Crippen molar-refractivity contribution >= 4 is 5.91 Å². The molecule has 1 aliphatic rings. The lowest BCUT2D eigenvalue weighted by Gasteiger charge is -2.31. The first kappa shape index (κ1) is 11.2. The molecule has 0 saturated carbocycles. The number of amides is 1. The number of likely N-dealkylation sites (tertiary alicyclic amines) is 1. The van der Waals surface area contributed by atoms with Gasteiger partial charge >= 0.3 is 0 Å². The molecule has 4 heteroatoms. The van der Waals surface area contributed by atoms with E-state index in [2.05, 4.69) is 5.32 Å². The molecule has 0 aromatic carbocycles. The quantitative estimate of drug-likeness (QED) is 0.839. The van der Waals surface area contributed by atoms with Crippen molar-refractivity contribution in [2.24, 2.45) is 5.92 Å². The zero-order valence-electron chi connectivity index (χ0n) is 9.61. The fourth-order valence-corrected chi connectivity index (χ4v) is 2.20. The maximum Gasteiger partial charge on any atom is 0.257 e. The predicted molar refractivity (Wildman–Crippen MR) is 61.3 cm³/mol. The van der Waals surface area contributed by atoms with Crippen LogP contribution < -0.4 is 5.32 Å². The van der Waals surface area contributed by atoms with Crippen LogP contribution in [0.15, 0.2) is 23.0 Å². The summed E-state index contributed by atoms with van der Waals surface area (Å²) >= 11 is 0. The summed E-state index contributed by atoms with van der Waals surface area (Å²) in [5.74, 6) is 0.801. The highest BCUT2D eigenvalue weighted by Gasteiger charge is 2.23. The normalized spacial score (nSPS) is 17.7. The van der Waals surface area contributed by atoms with E-state index in [4.69, 9.17) is 4.42 Å². The smallest absolute Gasteiger partial charge is 0.257 e. The SMILES string of the molecule is CNCC1CCN(C(=O)c2ccoc2)CC1. The van der Waals surface area contributed by atoms with E-state index in [1.807, 2.05) is 11.9 Å². The summed E-state index contributed by atoms with van der Waals surface area (Å²) in [7, 11) is 1.98. The molecule has 1 fully saturated rings. The molecule has 0 aliphatic carbocycles. The average molecular weight is 222 g/mol. The van der Waals surface area contributed by atoms with Crippen LogP contribution in [0.5, 0.6) is 0 Å². The number of piperidine rings is 1. The van der Waals surface area contributed by atoms with Crippen molar-refractivity contribution < 1.29 is 9.21 Å². The van der Waals surface area contributed by atoms with Crippen molar-refractivity contribution in [2.75, 3.05) is 26.7 Å². The van der Waals surface area contributed by atoms with Crippen LogP contribution in [0.2, 0.25) is 0 Å². The van der Waals surface area contributed by atoms with Gasteiger partial charge in [0.25, 0.3) is 5.91 Å². The Morgan fingerprint density at radius 3 is 2.88 bits per heavy atom. The van der Waals surface area contributed by atoms with Gasteiger partial charge in [-0.2, -0.15) is 0 Å². The van der Waals surface area contributed by atoms with E-state index in [1.54, 1.807) is 12.3 Å². The summed E-state index contributed by atoms with van der Waals surface area (Å²) in [5.41, 5.74) is 0.659. The highest BCUT2D eigenvalue weighted by Crippen LogP contribution is 2.18. The largest absolute Gasteiger partial charge is 0.472 e. The minimum atomic E-state index is 0.0941. The molecule has 88 valence electrons. The number of nitrogens with one attached hydrogen (secondary N) is 1. The summed E-state index contributed by atoms with van der Waals surface area (Å²) in [4.78, 5) is 13.9. The highest BCUT2D eigenvalue weighted by molar-refractivity contribution is 5.93. The molecule has 2 rings (SSSR count). The van der Waals surface area contributed by atoms with E-state index in [1.165, 1.54) is 6.26 Å². The van der Waals surface area contributed by atoms with Gasteiger partial charge in [0.1, 0.15) is 6.26 Å². The van der Waals surface area contributed by atoms with Crippen molar-refractivity contribution in [1.29, 1.82) is 0 Å². The molecule has 2 heterocycles. The van der Waals surface area contributed by atoms with Crippen molar-refractivity contribution in [1.82, 2.24) is 10.2 Å². The highest BCUT2D eigenvalue weighted by atomic mass is 16.3. The first-order valence-corrected chi connectivity index (χ1v) is 5.77. The van der Waals surface area contributed by atoms with Gasteiger partial charge in [0.05, 0.1) is 11.8 Å². The molecule has 16 heavy (non-hydrogen) atoms. The van der Waals surface area contributed by atoms with Crippen LogP contribution in [-0.2, 0) is 0 Å². The number of hydrogen-bond acceptors (Lipinski definition) is 3. The molecule has 1 aromatic rings. The first-order chi connectivity index (χ1) is 7.81. The second-order valence-electron chi connectivity index (χ2n) is 4.31. The Morgan fingerprint density at radius 2 is 2.31 bits per heavy atom. The molecule has 4 nitrogen and oxygen atoms in total. The van der Waals surface area contributed by atoms with Gasteiger partial charge in [-0.05, 0) is 38.4 Å². The number of furan rings is 1. The zero-order chi connectivity index (χ0) is 11.4. The van der Waals surface area contributed by atoms with Gasteiger partial charge in [-0.15, -0.1) is 0 Å². The monoisotopic (exact) mass is 222 g/mol. The summed E-state index contributed by atoms with van der Waals surface area (Å²) in [6, 6.07) is 1.72. The van der Waals surface area contributed by atoms with E-state index < -0.39 is 0 Å². The van der Waals surface area contributed by atoms with Gasteiger partial charge in [0.15, 0.2) is 0 Å². The lowest BCUT2D eigenvalue weighted by atomic mass is 9.96. The van der Waals surface area contributed by atoms with Gasteiger partial charge in [-0.3, -0.25) is 4.79 Å². The molecule has 1 amide bonds. The molecular weight excluding hydrogens is 204 g/mol. The van der Waals surface area contributed by atoms with Crippen LogP contribution in [-0.4, -0.2) is 37.5 Å². The van der Waals surface area contributed by atoms with Gasteiger partial charge in [-0.1, -0.05) is 0 Å². The van der Waals surface area contributed by atoms with Crippen LogP contribution in [0.1, 0.15) is 23.2 Å². The molecule has 0 unspecified atom stereocenters. The van der Waals surface area contributed by atoms with Crippen molar-refractivity contribution in [3.8, 4) is 0 Å². The summed E-state index contributed by atoms with van der Waals surface area (Å²) < 4.78 is 4.93. The van der Waals surface area contributed by atoms with Crippen LogP contribution in [0.3, 0.4) is 0 Å². The second-order valence-corrected chi connectivity index (χ2v) is 4.31. The van der Waals surface area contributed by atoms with E-state index in [0.717, 1.165) is 32.5 Å². The lowest BCUT2D eigenvalue weighted by molar-refractivity contribution is 0.0690. The van der Waals surface area contributed by atoms with Gasteiger partial charge in [0, 0.05) is 13.1 Å². The van der Waals surface area contributed by atoms with E-state index in [-0.39, 0.29) is 5.91 Å². The van der Waals surface area contributed by atoms with Gasteiger partial charge < -0.3 is 14.6 Å². The maximum atomic E-state index is 12.0. The first-order valence-electron chi connectivity index (χ1n) is 5.77. The topological polar surface area (TPSA) is 45.5 Å².